The molecule has 2 aliphatic rings. The molecule has 0 bridgehead atoms. The first-order chi connectivity index (χ1) is 14.2. The second-order valence-electron chi connectivity index (χ2n) is 7.85. The molecule has 154 valence electrons. The first kappa shape index (κ1) is 20.3. The van der Waals surface area contributed by atoms with Crippen molar-refractivity contribution in [3.63, 3.8) is 0 Å². The Hall–Kier alpha value is -1.96. The molecule has 1 aromatic carbocycles. The van der Waals surface area contributed by atoms with E-state index in [1.165, 1.54) is 17.3 Å². The fourth-order valence-electron chi connectivity index (χ4n) is 4.14. The number of nitrogens with one attached hydrogen (secondary N) is 1. The lowest BCUT2D eigenvalue weighted by Crippen LogP contribution is -2.45. The van der Waals surface area contributed by atoms with Gasteiger partial charge in [-0.1, -0.05) is 42.1 Å². The van der Waals surface area contributed by atoms with Crippen LogP contribution in [0.2, 0.25) is 0 Å². The standard InChI is InChI=1S/C22H28N4O2S/c27-20(17-29-21-23-11-4-12-24-21)25-15-19-7-8-22(28-19)9-13-26(14-10-22)16-18-5-2-1-3-6-18/h1-6,11-12,19H,7-10,13-17H2,(H,25,27)/t19-/m0/s1. The summed E-state index contributed by atoms with van der Waals surface area (Å²) >= 11 is 1.35. The van der Waals surface area contributed by atoms with Gasteiger partial charge in [0.2, 0.25) is 5.91 Å². The highest BCUT2D eigenvalue weighted by Crippen LogP contribution is 2.39. The number of hydrogen-bond donors (Lipinski definition) is 1. The van der Waals surface area contributed by atoms with Gasteiger partial charge in [0.05, 0.1) is 17.5 Å². The molecule has 1 N–H and O–H groups in total. The number of benzene rings is 1. The minimum absolute atomic E-state index is 0.00434. The van der Waals surface area contributed by atoms with Crippen LogP contribution in [0.5, 0.6) is 0 Å². The number of carbonyl (C=O) groups is 1. The zero-order valence-electron chi connectivity index (χ0n) is 16.6. The highest BCUT2D eigenvalue weighted by atomic mass is 32.2. The number of piperidine rings is 1. The SMILES string of the molecule is O=C(CSc1ncccn1)NC[C@@H]1CCC2(CCN(Cc3ccccc3)CC2)O1. The molecular formula is C22H28N4O2S. The lowest BCUT2D eigenvalue weighted by atomic mass is 9.88. The smallest absolute Gasteiger partial charge is 0.230 e. The number of amides is 1. The van der Waals surface area contributed by atoms with Crippen molar-refractivity contribution in [2.75, 3.05) is 25.4 Å². The van der Waals surface area contributed by atoms with Gasteiger partial charge in [0.25, 0.3) is 0 Å². The van der Waals surface area contributed by atoms with Crippen LogP contribution in [-0.2, 0) is 16.1 Å². The summed E-state index contributed by atoms with van der Waals surface area (Å²) in [6.45, 7) is 3.74. The third-order valence-electron chi connectivity index (χ3n) is 5.76. The van der Waals surface area contributed by atoms with E-state index in [0.717, 1.165) is 45.3 Å². The average Bonchev–Trinajstić information content (AvgIpc) is 3.17. The molecule has 1 amide bonds. The molecule has 29 heavy (non-hydrogen) atoms. The maximum atomic E-state index is 12.1. The van der Waals surface area contributed by atoms with Gasteiger partial charge in [-0.25, -0.2) is 9.97 Å². The zero-order chi connectivity index (χ0) is 19.9. The van der Waals surface area contributed by atoms with Gasteiger partial charge in [0.1, 0.15) is 0 Å². The number of aromatic nitrogens is 2. The van der Waals surface area contributed by atoms with Crippen LogP contribution in [0.25, 0.3) is 0 Å². The summed E-state index contributed by atoms with van der Waals surface area (Å²) < 4.78 is 6.43. The Morgan fingerprint density at radius 2 is 1.90 bits per heavy atom. The van der Waals surface area contributed by atoms with Crippen LogP contribution in [0, 0.1) is 0 Å². The molecule has 2 aromatic rings. The number of rotatable bonds is 7. The Kier molecular flexibility index (Phi) is 6.79. The largest absolute Gasteiger partial charge is 0.370 e. The van der Waals surface area contributed by atoms with E-state index >= 15 is 0 Å². The van der Waals surface area contributed by atoms with Crippen LogP contribution in [0.4, 0.5) is 0 Å². The van der Waals surface area contributed by atoms with Crippen LogP contribution in [-0.4, -0.2) is 57.9 Å². The van der Waals surface area contributed by atoms with Gasteiger partial charge in [-0.15, -0.1) is 0 Å². The highest BCUT2D eigenvalue weighted by Gasteiger charge is 2.42. The Labute approximate surface area is 176 Å². The summed E-state index contributed by atoms with van der Waals surface area (Å²) in [4.78, 5) is 22.9. The van der Waals surface area contributed by atoms with Crippen LogP contribution in [0.1, 0.15) is 31.2 Å². The summed E-state index contributed by atoms with van der Waals surface area (Å²) in [7, 11) is 0. The Bertz CT molecular complexity index is 782. The van der Waals surface area contributed by atoms with Crippen molar-refractivity contribution in [2.45, 2.75) is 49.1 Å². The number of carbonyl (C=O) groups excluding carboxylic acids is 1. The Morgan fingerprint density at radius 3 is 2.66 bits per heavy atom. The maximum Gasteiger partial charge on any atom is 0.230 e. The van der Waals surface area contributed by atoms with Gasteiger partial charge in [-0.3, -0.25) is 9.69 Å². The van der Waals surface area contributed by atoms with Crippen molar-refractivity contribution >= 4 is 17.7 Å². The Morgan fingerprint density at radius 1 is 1.14 bits per heavy atom. The molecule has 0 saturated carbocycles. The maximum absolute atomic E-state index is 12.1. The zero-order valence-corrected chi connectivity index (χ0v) is 17.4. The molecule has 7 heteroatoms. The van der Waals surface area contributed by atoms with Crippen molar-refractivity contribution in [1.29, 1.82) is 0 Å². The normalized spacial score (nSPS) is 21.3. The van der Waals surface area contributed by atoms with Gasteiger partial charge in [-0.05, 0) is 37.3 Å². The second-order valence-corrected chi connectivity index (χ2v) is 8.79. The first-order valence-electron chi connectivity index (χ1n) is 10.3. The van der Waals surface area contributed by atoms with Crippen molar-refractivity contribution in [1.82, 2.24) is 20.2 Å². The quantitative estimate of drug-likeness (QED) is 0.557. The van der Waals surface area contributed by atoms with E-state index in [0.29, 0.717) is 17.5 Å². The molecule has 0 radical (unpaired) electrons. The molecule has 1 atom stereocenters. The second kappa shape index (κ2) is 9.69. The monoisotopic (exact) mass is 412 g/mol. The number of likely N-dealkylation sites (tertiary alicyclic amines) is 1. The van der Waals surface area contributed by atoms with Crippen LogP contribution in [0.3, 0.4) is 0 Å². The van der Waals surface area contributed by atoms with Crippen LogP contribution < -0.4 is 5.32 Å². The number of ether oxygens (including phenoxy) is 1. The van der Waals surface area contributed by atoms with E-state index in [4.69, 9.17) is 4.74 Å². The average molecular weight is 413 g/mol. The van der Waals surface area contributed by atoms with Crippen molar-refractivity contribution in [3.8, 4) is 0 Å². The molecule has 2 fully saturated rings. The molecule has 2 aliphatic heterocycles. The van der Waals surface area contributed by atoms with E-state index in [1.807, 2.05) is 0 Å². The Balaban J connectivity index is 1.16. The van der Waals surface area contributed by atoms with Gasteiger partial charge in [0, 0.05) is 38.6 Å². The summed E-state index contributed by atoms with van der Waals surface area (Å²) in [5, 5.41) is 3.63. The van der Waals surface area contributed by atoms with E-state index in [1.54, 1.807) is 18.5 Å². The molecular weight excluding hydrogens is 384 g/mol. The molecule has 1 spiro atoms. The summed E-state index contributed by atoms with van der Waals surface area (Å²) in [5.41, 5.74) is 1.38. The van der Waals surface area contributed by atoms with Crippen molar-refractivity contribution in [2.24, 2.45) is 0 Å². The van der Waals surface area contributed by atoms with Gasteiger partial charge >= 0.3 is 0 Å². The predicted molar refractivity (Wildman–Crippen MR) is 114 cm³/mol. The van der Waals surface area contributed by atoms with Crippen molar-refractivity contribution in [3.05, 3.63) is 54.4 Å². The lowest BCUT2D eigenvalue weighted by molar-refractivity contribution is -0.120. The van der Waals surface area contributed by atoms with E-state index < -0.39 is 0 Å². The molecule has 2 saturated heterocycles. The van der Waals surface area contributed by atoms with Crippen LogP contribution in [0.15, 0.2) is 53.9 Å². The third-order valence-corrected chi connectivity index (χ3v) is 6.63. The predicted octanol–water partition coefficient (Wildman–Crippen LogP) is 2.90. The van der Waals surface area contributed by atoms with E-state index in [9.17, 15) is 4.79 Å². The van der Waals surface area contributed by atoms with Gasteiger partial charge < -0.3 is 10.1 Å². The molecule has 3 heterocycles. The number of nitrogens with zero attached hydrogens (tertiary/aromatic N) is 3. The topological polar surface area (TPSA) is 67.4 Å². The molecule has 4 rings (SSSR count). The summed E-state index contributed by atoms with van der Waals surface area (Å²) in [6, 6.07) is 12.4. The molecule has 0 aliphatic carbocycles. The number of hydrogen-bond acceptors (Lipinski definition) is 6. The van der Waals surface area contributed by atoms with Gasteiger partial charge in [0.15, 0.2) is 5.16 Å². The third kappa shape index (κ3) is 5.78. The lowest BCUT2D eigenvalue weighted by Gasteiger charge is -2.39. The fourth-order valence-corrected chi connectivity index (χ4v) is 4.77. The summed E-state index contributed by atoms with van der Waals surface area (Å²) in [5.74, 6) is 0.334. The molecule has 0 unspecified atom stereocenters. The van der Waals surface area contributed by atoms with Crippen molar-refractivity contribution < 1.29 is 9.53 Å². The minimum Gasteiger partial charge on any atom is -0.370 e. The van der Waals surface area contributed by atoms with Gasteiger partial charge in [-0.2, -0.15) is 0 Å². The highest BCUT2D eigenvalue weighted by molar-refractivity contribution is 7.99. The minimum atomic E-state index is 0.00434. The van der Waals surface area contributed by atoms with E-state index in [2.05, 4.69) is 50.5 Å². The molecule has 6 nitrogen and oxygen atoms in total. The van der Waals surface area contributed by atoms with Crippen LogP contribution >= 0.6 is 11.8 Å². The molecule has 1 aromatic heterocycles. The summed E-state index contributed by atoms with van der Waals surface area (Å²) in [6.07, 6.45) is 7.76. The first-order valence-corrected chi connectivity index (χ1v) is 11.3. The van der Waals surface area contributed by atoms with E-state index in [-0.39, 0.29) is 17.6 Å². The fraction of sp³-hybridized carbons (Fsp3) is 0.500. The number of thioether (sulfide) groups is 1.